The third kappa shape index (κ3) is 4.11. The lowest BCUT2D eigenvalue weighted by molar-refractivity contribution is -0.152. The Balaban J connectivity index is 2.69. The normalized spacial score (nSPS) is 12.3. The van der Waals surface area contributed by atoms with Gasteiger partial charge in [0.2, 0.25) is 11.8 Å². The van der Waals surface area contributed by atoms with Crippen LogP contribution in [0.3, 0.4) is 0 Å². The smallest absolute Gasteiger partial charge is 0.344 e. The lowest BCUT2D eigenvalue weighted by atomic mass is 10.1. The van der Waals surface area contributed by atoms with Crippen LogP contribution in [0.1, 0.15) is 20.8 Å². The Morgan fingerprint density at radius 2 is 1.95 bits per heavy atom. The zero-order chi connectivity index (χ0) is 15.4. The van der Waals surface area contributed by atoms with Gasteiger partial charge in [-0.3, -0.25) is 0 Å². The number of rotatable bonds is 5. The minimum atomic E-state index is -1.02. The number of pyridine rings is 1. The molecule has 20 heavy (non-hydrogen) atoms. The van der Waals surface area contributed by atoms with Gasteiger partial charge in [0.25, 0.3) is 0 Å². The molecule has 0 amide bonds. The molecule has 8 heteroatoms. The largest absolute Gasteiger partial charge is 0.464 e. The quantitative estimate of drug-likeness (QED) is 0.665. The number of hydrogen-bond donors (Lipinski definition) is 1. The van der Waals surface area contributed by atoms with E-state index in [2.05, 4.69) is 4.98 Å². The van der Waals surface area contributed by atoms with E-state index < -0.39 is 23.5 Å². The third-order valence-corrected chi connectivity index (χ3v) is 3.35. The second-order valence-corrected chi connectivity index (χ2v) is 5.23. The summed E-state index contributed by atoms with van der Waals surface area (Å²) in [6.45, 7) is 5.12. The Morgan fingerprint density at radius 1 is 1.35 bits per heavy atom. The number of anilines is 1. The van der Waals surface area contributed by atoms with E-state index in [-0.39, 0.29) is 28.6 Å². The van der Waals surface area contributed by atoms with Crippen molar-refractivity contribution in [3.8, 4) is 5.88 Å². The van der Waals surface area contributed by atoms with E-state index in [0.29, 0.717) is 0 Å². The molecule has 5 nitrogen and oxygen atoms in total. The van der Waals surface area contributed by atoms with Crippen LogP contribution in [-0.4, -0.2) is 23.7 Å². The van der Waals surface area contributed by atoms with Crippen molar-refractivity contribution in [2.75, 3.05) is 12.3 Å². The molecule has 1 rings (SSSR count). The van der Waals surface area contributed by atoms with Gasteiger partial charge < -0.3 is 15.2 Å². The van der Waals surface area contributed by atoms with Crippen LogP contribution in [0, 0.1) is 11.9 Å². The average molecular weight is 325 g/mol. The molecule has 0 saturated carbocycles. The van der Waals surface area contributed by atoms with Crippen molar-refractivity contribution in [1.82, 2.24) is 4.98 Å². The van der Waals surface area contributed by atoms with Crippen LogP contribution in [-0.2, 0) is 9.53 Å². The average Bonchev–Trinajstić information content (AvgIpc) is 2.38. The van der Waals surface area contributed by atoms with Gasteiger partial charge in [-0.25, -0.2) is 4.79 Å². The Hall–Kier alpha value is -1.27. The molecular formula is C12H15Cl2FN2O3. The standard InChI is InChI=1S/C12H15Cl2FN2O3/c1-5(2)6(3)20-7(18)4-19-12-9(14)10(16)8(13)11(15)17-12/h5-6H,4H2,1-3H3,(H2,16,17). The van der Waals surface area contributed by atoms with E-state index in [9.17, 15) is 9.18 Å². The van der Waals surface area contributed by atoms with E-state index in [1.165, 1.54) is 0 Å². The maximum atomic E-state index is 13.3. The Morgan fingerprint density at radius 3 is 2.50 bits per heavy atom. The van der Waals surface area contributed by atoms with Crippen molar-refractivity contribution in [2.45, 2.75) is 26.9 Å². The SMILES string of the molecule is CC(C)C(C)OC(=O)COc1nc(F)c(Cl)c(N)c1Cl. The number of nitrogen functional groups attached to an aromatic ring is 1. The third-order valence-electron chi connectivity index (χ3n) is 2.62. The lowest BCUT2D eigenvalue weighted by Gasteiger charge is -2.16. The predicted octanol–water partition coefficient (Wildman–Crippen LogP) is 3.08. The summed E-state index contributed by atoms with van der Waals surface area (Å²) in [5.41, 5.74) is 5.28. The summed E-state index contributed by atoms with van der Waals surface area (Å²) in [5, 5.41) is -0.542. The van der Waals surface area contributed by atoms with Crippen LogP contribution < -0.4 is 10.5 Å². The van der Waals surface area contributed by atoms with Crippen molar-refractivity contribution in [1.29, 1.82) is 0 Å². The van der Waals surface area contributed by atoms with Gasteiger partial charge in [-0.1, -0.05) is 37.0 Å². The highest BCUT2D eigenvalue weighted by atomic mass is 35.5. The molecule has 0 aliphatic rings. The number of esters is 1. The topological polar surface area (TPSA) is 74.4 Å². The van der Waals surface area contributed by atoms with Crippen molar-refractivity contribution < 1.29 is 18.7 Å². The summed E-state index contributed by atoms with van der Waals surface area (Å²) in [6.07, 6.45) is -0.262. The van der Waals surface area contributed by atoms with E-state index in [1.807, 2.05) is 13.8 Å². The number of carbonyl (C=O) groups is 1. The van der Waals surface area contributed by atoms with Gasteiger partial charge in [0.05, 0.1) is 5.69 Å². The van der Waals surface area contributed by atoms with E-state index >= 15 is 0 Å². The molecule has 0 radical (unpaired) electrons. The van der Waals surface area contributed by atoms with Crippen molar-refractivity contribution in [3.05, 3.63) is 16.0 Å². The fraction of sp³-hybridized carbons (Fsp3) is 0.500. The summed E-state index contributed by atoms with van der Waals surface area (Å²) in [6, 6.07) is 0. The van der Waals surface area contributed by atoms with Crippen LogP contribution >= 0.6 is 23.2 Å². The molecule has 0 aliphatic heterocycles. The fourth-order valence-corrected chi connectivity index (χ4v) is 1.49. The van der Waals surface area contributed by atoms with Crippen LogP contribution in [0.25, 0.3) is 0 Å². The molecule has 0 fully saturated rings. The number of carbonyl (C=O) groups excluding carboxylic acids is 1. The van der Waals surface area contributed by atoms with Crippen LogP contribution in [0.15, 0.2) is 0 Å². The highest BCUT2D eigenvalue weighted by molar-refractivity contribution is 6.39. The van der Waals surface area contributed by atoms with Gasteiger partial charge in [-0.15, -0.1) is 0 Å². The Kier molecular flexibility index (Phi) is 5.83. The maximum absolute atomic E-state index is 13.3. The first kappa shape index (κ1) is 16.8. The molecule has 1 aromatic heterocycles. The summed E-state index contributed by atoms with van der Waals surface area (Å²) >= 11 is 11.3. The number of aromatic nitrogens is 1. The van der Waals surface area contributed by atoms with Crippen LogP contribution in [0.2, 0.25) is 10.0 Å². The predicted molar refractivity (Wildman–Crippen MR) is 74.5 cm³/mol. The zero-order valence-corrected chi connectivity index (χ0v) is 12.8. The van der Waals surface area contributed by atoms with E-state index in [4.69, 9.17) is 38.4 Å². The monoisotopic (exact) mass is 324 g/mol. The number of nitrogens with two attached hydrogens (primary N) is 1. The Labute approximate surface area is 126 Å². The van der Waals surface area contributed by atoms with Gasteiger partial charge in [0.1, 0.15) is 16.1 Å². The lowest BCUT2D eigenvalue weighted by Crippen LogP contribution is -2.24. The summed E-state index contributed by atoms with van der Waals surface area (Å²) in [4.78, 5) is 14.9. The minimum Gasteiger partial charge on any atom is -0.464 e. The molecule has 112 valence electrons. The van der Waals surface area contributed by atoms with E-state index in [1.54, 1.807) is 6.92 Å². The molecule has 0 bridgehead atoms. The molecule has 0 aliphatic carbocycles. The van der Waals surface area contributed by atoms with Crippen molar-refractivity contribution in [2.24, 2.45) is 5.92 Å². The van der Waals surface area contributed by atoms with Gasteiger partial charge in [0, 0.05) is 0 Å². The highest BCUT2D eigenvalue weighted by Crippen LogP contribution is 2.35. The first-order valence-corrected chi connectivity index (χ1v) is 6.61. The van der Waals surface area contributed by atoms with Crippen LogP contribution in [0.4, 0.5) is 10.1 Å². The first-order chi connectivity index (χ1) is 9.23. The maximum Gasteiger partial charge on any atom is 0.344 e. The van der Waals surface area contributed by atoms with Gasteiger partial charge in [-0.05, 0) is 12.8 Å². The Bertz CT molecular complexity index is 512. The number of halogens is 3. The summed E-state index contributed by atoms with van der Waals surface area (Å²) in [7, 11) is 0. The minimum absolute atomic E-state index is 0.152. The van der Waals surface area contributed by atoms with Gasteiger partial charge in [0.15, 0.2) is 6.61 Å². The molecule has 1 heterocycles. The van der Waals surface area contributed by atoms with E-state index in [0.717, 1.165) is 0 Å². The summed E-state index contributed by atoms with van der Waals surface area (Å²) < 4.78 is 23.4. The number of ether oxygens (including phenoxy) is 2. The second-order valence-electron chi connectivity index (χ2n) is 4.48. The van der Waals surface area contributed by atoms with Gasteiger partial charge in [-0.2, -0.15) is 9.37 Å². The van der Waals surface area contributed by atoms with Crippen molar-refractivity contribution >= 4 is 34.9 Å². The molecule has 0 saturated heterocycles. The summed E-state index contributed by atoms with van der Waals surface area (Å²) in [5.74, 6) is -1.77. The first-order valence-electron chi connectivity index (χ1n) is 5.86. The molecule has 0 spiro atoms. The number of nitrogens with zero attached hydrogens (tertiary/aromatic N) is 1. The molecule has 1 aromatic rings. The fourth-order valence-electron chi connectivity index (χ4n) is 1.11. The molecule has 0 aromatic carbocycles. The highest BCUT2D eigenvalue weighted by Gasteiger charge is 2.18. The van der Waals surface area contributed by atoms with Gasteiger partial charge >= 0.3 is 5.97 Å². The molecule has 1 atom stereocenters. The van der Waals surface area contributed by atoms with Crippen molar-refractivity contribution in [3.63, 3.8) is 0 Å². The molecule has 1 unspecified atom stereocenters. The molecular weight excluding hydrogens is 310 g/mol. The van der Waals surface area contributed by atoms with Crippen LogP contribution in [0.5, 0.6) is 5.88 Å². The number of hydrogen-bond acceptors (Lipinski definition) is 5. The zero-order valence-electron chi connectivity index (χ0n) is 11.2. The second kappa shape index (κ2) is 6.95. The molecule has 2 N–H and O–H groups in total.